The third-order valence-corrected chi connectivity index (χ3v) is 4.87. The third kappa shape index (κ3) is 4.35. The Morgan fingerprint density at radius 2 is 1.93 bits per heavy atom. The number of hydrogen-bond acceptors (Lipinski definition) is 5. The highest BCUT2D eigenvalue weighted by Crippen LogP contribution is 2.22. The van der Waals surface area contributed by atoms with Crippen molar-refractivity contribution in [3.8, 4) is 17.1 Å². The number of hydrogen-bond donors (Lipinski definition) is 2. The van der Waals surface area contributed by atoms with Crippen LogP contribution in [-0.4, -0.2) is 36.6 Å². The molecule has 4 rings (SSSR count). The fraction of sp³-hybridized carbons (Fsp3) is 0.100. The van der Waals surface area contributed by atoms with Gasteiger partial charge in [-0.25, -0.2) is 14.1 Å². The van der Waals surface area contributed by atoms with Crippen molar-refractivity contribution in [2.75, 3.05) is 11.1 Å². The van der Waals surface area contributed by atoms with Crippen molar-refractivity contribution in [3.63, 3.8) is 0 Å². The molecule has 1 amide bonds. The van der Waals surface area contributed by atoms with Gasteiger partial charge in [-0.2, -0.15) is 5.10 Å². The summed E-state index contributed by atoms with van der Waals surface area (Å²) in [6.07, 6.45) is 0. The van der Waals surface area contributed by atoms with Gasteiger partial charge in [-0.3, -0.25) is 9.89 Å². The lowest BCUT2D eigenvalue weighted by atomic mass is 10.2. The second-order valence-corrected chi connectivity index (χ2v) is 7.14. The van der Waals surface area contributed by atoms with Crippen LogP contribution in [0.3, 0.4) is 0 Å². The summed E-state index contributed by atoms with van der Waals surface area (Å²) in [4.78, 5) is 16.7. The fourth-order valence-corrected chi connectivity index (χ4v) is 3.35. The van der Waals surface area contributed by atoms with Crippen molar-refractivity contribution in [1.29, 1.82) is 0 Å². The average molecular weight is 408 g/mol. The lowest BCUT2D eigenvalue weighted by Crippen LogP contribution is -2.17. The van der Waals surface area contributed by atoms with Crippen LogP contribution in [-0.2, 0) is 4.79 Å². The van der Waals surface area contributed by atoms with E-state index in [4.69, 9.17) is 0 Å². The van der Waals surface area contributed by atoms with E-state index >= 15 is 0 Å². The van der Waals surface area contributed by atoms with E-state index in [1.165, 1.54) is 6.07 Å². The molecular formula is C20H17FN6OS. The molecule has 7 nitrogen and oxygen atoms in total. The monoisotopic (exact) mass is 408 g/mol. The van der Waals surface area contributed by atoms with E-state index in [1.807, 2.05) is 37.3 Å². The minimum Gasteiger partial charge on any atom is -0.310 e. The highest BCUT2D eigenvalue weighted by atomic mass is 32.2. The van der Waals surface area contributed by atoms with Crippen LogP contribution in [0.4, 0.5) is 10.2 Å². The molecule has 2 N–H and O–H groups in total. The van der Waals surface area contributed by atoms with Gasteiger partial charge < -0.3 is 5.32 Å². The summed E-state index contributed by atoms with van der Waals surface area (Å²) in [5, 5.41) is 14.4. The number of amides is 1. The van der Waals surface area contributed by atoms with E-state index in [1.54, 1.807) is 28.9 Å². The summed E-state index contributed by atoms with van der Waals surface area (Å²) in [7, 11) is 0. The molecule has 0 aliphatic heterocycles. The number of aromatic nitrogens is 5. The zero-order valence-corrected chi connectivity index (χ0v) is 16.3. The van der Waals surface area contributed by atoms with Crippen LogP contribution in [0.2, 0.25) is 0 Å². The summed E-state index contributed by atoms with van der Waals surface area (Å²) in [6, 6.07) is 17.7. The Balaban J connectivity index is 1.41. The number of para-hydroxylation sites is 1. The SMILES string of the molecule is Cc1cc(NC(=O)CSc2n[nH]c(-c3ccccc3F)n2)n(-c2ccccc2)n1. The Labute approximate surface area is 170 Å². The Bertz CT molecular complexity index is 1140. The zero-order valence-electron chi connectivity index (χ0n) is 15.5. The first-order valence-corrected chi connectivity index (χ1v) is 9.81. The van der Waals surface area contributed by atoms with Gasteiger partial charge in [0.15, 0.2) is 5.82 Å². The number of aromatic amines is 1. The molecule has 0 atom stereocenters. The quantitative estimate of drug-likeness (QED) is 0.473. The van der Waals surface area contributed by atoms with Gasteiger partial charge in [-0.1, -0.05) is 42.1 Å². The second-order valence-electron chi connectivity index (χ2n) is 6.20. The van der Waals surface area contributed by atoms with E-state index in [9.17, 15) is 9.18 Å². The molecule has 0 saturated heterocycles. The van der Waals surface area contributed by atoms with Gasteiger partial charge in [0, 0.05) is 6.07 Å². The van der Waals surface area contributed by atoms with Crippen LogP contribution < -0.4 is 5.32 Å². The molecule has 0 fully saturated rings. The summed E-state index contributed by atoms with van der Waals surface area (Å²) in [5.74, 6) is 0.407. The highest BCUT2D eigenvalue weighted by molar-refractivity contribution is 7.99. The number of rotatable bonds is 6. The standard InChI is InChI=1S/C20H17FN6OS/c1-13-11-17(27(26-13)14-7-3-2-4-8-14)22-18(28)12-29-20-23-19(24-25-20)15-9-5-6-10-16(15)21/h2-11H,12H2,1H3,(H,22,28)(H,23,24,25). The fourth-order valence-electron chi connectivity index (χ4n) is 2.75. The van der Waals surface area contributed by atoms with Crippen LogP contribution in [0.15, 0.2) is 65.8 Å². The number of thioether (sulfide) groups is 1. The molecule has 0 bridgehead atoms. The van der Waals surface area contributed by atoms with Crippen molar-refractivity contribution >= 4 is 23.5 Å². The topological polar surface area (TPSA) is 88.5 Å². The Hall–Kier alpha value is -3.46. The lowest BCUT2D eigenvalue weighted by Gasteiger charge is -2.08. The normalized spacial score (nSPS) is 10.8. The third-order valence-electron chi connectivity index (χ3n) is 4.03. The van der Waals surface area contributed by atoms with E-state index in [-0.39, 0.29) is 17.5 Å². The largest absolute Gasteiger partial charge is 0.310 e. The Kier molecular flexibility index (Phi) is 5.39. The van der Waals surface area contributed by atoms with E-state index < -0.39 is 0 Å². The number of carbonyl (C=O) groups is 1. The molecule has 2 heterocycles. The maximum Gasteiger partial charge on any atom is 0.236 e. The van der Waals surface area contributed by atoms with Gasteiger partial charge in [-0.15, -0.1) is 5.10 Å². The van der Waals surface area contributed by atoms with E-state index in [0.29, 0.717) is 22.4 Å². The van der Waals surface area contributed by atoms with Crippen LogP contribution in [0.25, 0.3) is 17.1 Å². The first-order chi connectivity index (χ1) is 14.1. The van der Waals surface area contributed by atoms with Crippen LogP contribution in [0.5, 0.6) is 0 Å². The number of anilines is 1. The van der Waals surface area contributed by atoms with Crippen molar-refractivity contribution in [1.82, 2.24) is 25.0 Å². The average Bonchev–Trinajstić information content (AvgIpc) is 3.34. The van der Waals surface area contributed by atoms with Gasteiger partial charge in [0.2, 0.25) is 11.1 Å². The molecule has 2 aromatic carbocycles. The number of aryl methyl sites for hydroxylation is 1. The number of nitrogens with one attached hydrogen (secondary N) is 2. The summed E-state index contributed by atoms with van der Waals surface area (Å²) < 4.78 is 15.5. The molecule has 0 aliphatic carbocycles. The van der Waals surface area contributed by atoms with Gasteiger partial charge in [0.1, 0.15) is 11.6 Å². The first kappa shape index (κ1) is 18.9. The minimum atomic E-state index is -0.387. The van der Waals surface area contributed by atoms with Gasteiger partial charge in [-0.05, 0) is 31.2 Å². The molecule has 9 heteroatoms. The maximum absolute atomic E-state index is 13.9. The van der Waals surface area contributed by atoms with E-state index in [2.05, 4.69) is 25.6 Å². The number of benzene rings is 2. The molecular weight excluding hydrogens is 391 g/mol. The van der Waals surface area contributed by atoms with Gasteiger partial charge in [0.05, 0.1) is 22.7 Å². The molecule has 0 unspecified atom stereocenters. The van der Waals surface area contributed by atoms with Crippen LogP contribution in [0, 0.1) is 12.7 Å². The lowest BCUT2D eigenvalue weighted by molar-refractivity contribution is -0.113. The molecule has 0 aliphatic rings. The highest BCUT2D eigenvalue weighted by Gasteiger charge is 2.14. The predicted molar refractivity (Wildman–Crippen MR) is 109 cm³/mol. The first-order valence-electron chi connectivity index (χ1n) is 8.82. The zero-order chi connectivity index (χ0) is 20.2. The van der Waals surface area contributed by atoms with Crippen LogP contribution >= 0.6 is 11.8 Å². The van der Waals surface area contributed by atoms with Gasteiger partial charge >= 0.3 is 0 Å². The maximum atomic E-state index is 13.9. The number of H-pyrrole nitrogens is 1. The van der Waals surface area contributed by atoms with E-state index in [0.717, 1.165) is 23.1 Å². The molecule has 146 valence electrons. The summed E-state index contributed by atoms with van der Waals surface area (Å²) >= 11 is 1.16. The predicted octanol–water partition coefficient (Wildman–Crippen LogP) is 3.84. The minimum absolute atomic E-state index is 0.105. The Morgan fingerprint density at radius 1 is 1.17 bits per heavy atom. The molecule has 4 aromatic rings. The molecule has 0 saturated carbocycles. The Morgan fingerprint density at radius 3 is 2.72 bits per heavy atom. The number of nitrogens with zero attached hydrogens (tertiary/aromatic N) is 4. The molecule has 0 radical (unpaired) electrons. The molecule has 0 spiro atoms. The van der Waals surface area contributed by atoms with Crippen LogP contribution in [0.1, 0.15) is 5.69 Å². The summed E-state index contributed by atoms with van der Waals surface area (Å²) in [5.41, 5.74) is 1.98. The number of carbonyl (C=O) groups excluding carboxylic acids is 1. The summed E-state index contributed by atoms with van der Waals surface area (Å²) in [6.45, 7) is 1.86. The number of halogens is 1. The van der Waals surface area contributed by atoms with Crippen molar-refractivity contribution < 1.29 is 9.18 Å². The molecule has 2 aromatic heterocycles. The molecule has 29 heavy (non-hydrogen) atoms. The van der Waals surface area contributed by atoms with Crippen molar-refractivity contribution in [2.24, 2.45) is 0 Å². The van der Waals surface area contributed by atoms with Crippen molar-refractivity contribution in [3.05, 3.63) is 72.2 Å². The smallest absolute Gasteiger partial charge is 0.236 e. The van der Waals surface area contributed by atoms with Gasteiger partial charge in [0.25, 0.3) is 0 Å². The second kappa shape index (κ2) is 8.27. The van der Waals surface area contributed by atoms with Crippen molar-refractivity contribution in [2.45, 2.75) is 12.1 Å².